The van der Waals surface area contributed by atoms with Gasteiger partial charge in [0.05, 0.1) is 6.20 Å². The van der Waals surface area contributed by atoms with Crippen LogP contribution in [0.3, 0.4) is 0 Å². The number of pyridine rings is 1. The van der Waals surface area contributed by atoms with E-state index in [1.807, 2.05) is 0 Å². The van der Waals surface area contributed by atoms with Crippen LogP contribution in [0.4, 0.5) is 13.2 Å². The van der Waals surface area contributed by atoms with Gasteiger partial charge in [0.25, 0.3) is 0 Å². The fourth-order valence-corrected chi connectivity index (χ4v) is 1.50. The van der Waals surface area contributed by atoms with E-state index in [1.54, 1.807) is 0 Å². The maximum Gasteiger partial charge on any atom is 0.147 e. The van der Waals surface area contributed by atoms with Gasteiger partial charge in [0.2, 0.25) is 0 Å². The molecule has 0 bridgehead atoms. The number of rotatable bonds is 2. The van der Waals surface area contributed by atoms with Crippen molar-refractivity contribution in [2.45, 2.75) is 6.10 Å². The highest BCUT2D eigenvalue weighted by atomic mass is 19.1. The number of hydrogen-bond donors (Lipinski definition) is 1. The summed E-state index contributed by atoms with van der Waals surface area (Å²) in [6.07, 6.45) is 0.600. The number of hydrogen-bond acceptors (Lipinski definition) is 2. The van der Waals surface area contributed by atoms with E-state index < -0.39 is 23.6 Å². The second-order valence-corrected chi connectivity index (χ2v) is 3.47. The molecular weight excluding hydrogens is 231 g/mol. The predicted octanol–water partition coefficient (Wildman–Crippen LogP) is 2.58. The Morgan fingerprint density at radius 1 is 1.00 bits per heavy atom. The van der Waals surface area contributed by atoms with Crippen LogP contribution in [-0.4, -0.2) is 10.1 Å². The highest BCUT2D eigenvalue weighted by Gasteiger charge is 2.19. The molecule has 1 aromatic carbocycles. The summed E-state index contributed by atoms with van der Waals surface area (Å²) in [5, 5.41) is 9.80. The Labute approximate surface area is 95.4 Å². The van der Waals surface area contributed by atoms with Crippen LogP contribution in [0, 0.1) is 17.5 Å². The summed E-state index contributed by atoms with van der Waals surface area (Å²) in [6.45, 7) is 0. The zero-order valence-corrected chi connectivity index (χ0v) is 8.57. The highest BCUT2D eigenvalue weighted by Crippen LogP contribution is 2.26. The Kier molecular flexibility index (Phi) is 3.10. The summed E-state index contributed by atoms with van der Waals surface area (Å²) in [7, 11) is 0. The van der Waals surface area contributed by atoms with Gasteiger partial charge in [0, 0.05) is 17.3 Å². The van der Waals surface area contributed by atoms with Crippen molar-refractivity contribution >= 4 is 0 Å². The number of benzene rings is 1. The lowest BCUT2D eigenvalue weighted by Gasteiger charge is -2.12. The maximum atomic E-state index is 13.4. The molecule has 0 fully saturated rings. The maximum absolute atomic E-state index is 13.4. The molecule has 1 unspecified atom stereocenters. The normalized spacial score (nSPS) is 12.5. The zero-order chi connectivity index (χ0) is 12.4. The number of nitrogens with zero attached hydrogens (tertiary/aromatic N) is 1. The molecular formula is C12H8F3NO. The van der Waals surface area contributed by atoms with E-state index in [0.29, 0.717) is 0 Å². The van der Waals surface area contributed by atoms with Gasteiger partial charge in [0.1, 0.15) is 23.6 Å². The Morgan fingerprint density at radius 2 is 1.76 bits per heavy atom. The summed E-state index contributed by atoms with van der Waals surface area (Å²) >= 11 is 0. The quantitative estimate of drug-likeness (QED) is 0.873. The second-order valence-electron chi connectivity index (χ2n) is 3.47. The first-order valence-corrected chi connectivity index (χ1v) is 4.82. The zero-order valence-electron chi connectivity index (χ0n) is 8.57. The molecule has 17 heavy (non-hydrogen) atoms. The number of aromatic nitrogens is 1. The van der Waals surface area contributed by atoms with Crippen LogP contribution >= 0.6 is 0 Å². The van der Waals surface area contributed by atoms with Crippen molar-refractivity contribution in [1.29, 1.82) is 0 Å². The number of aliphatic hydroxyl groups excluding tert-OH is 1. The first-order valence-electron chi connectivity index (χ1n) is 4.82. The molecule has 0 spiro atoms. The van der Waals surface area contributed by atoms with Gasteiger partial charge < -0.3 is 5.11 Å². The molecule has 0 radical (unpaired) electrons. The van der Waals surface area contributed by atoms with Crippen molar-refractivity contribution in [3.8, 4) is 0 Å². The molecule has 1 N–H and O–H groups in total. The van der Waals surface area contributed by atoms with Gasteiger partial charge in [-0.3, -0.25) is 4.98 Å². The van der Waals surface area contributed by atoms with Crippen LogP contribution in [-0.2, 0) is 0 Å². The van der Waals surface area contributed by atoms with E-state index >= 15 is 0 Å². The van der Waals surface area contributed by atoms with Crippen LogP contribution < -0.4 is 0 Å². The van der Waals surface area contributed by atoms with Gasteiger partial charge in [-0.05, 0) is 24.3 Å². The standard InChI is InChI=1S/C12H8F3NO/c13-7-1-2-10(14)9(5-7)12(17)8-3-4-16-6-11(8)15/h1-6,12,17H. The molecule has 2 rings (SSSR count). The third-order valence-corrected chi connectivity index (χ3v) is 2.35. The molecule has 88 valence electrons. The minimum absolute atomic E-state index is 0.149. The Bertz CT molecular complexity index is 545. The summed E-state index contributed by atoms with van der Waals surface area (Å²) in [4.78, 5) is 3.51. The van der Waals surface area contributed by atoms with Crippen molar-refractivity contribution in [1.82, 2.24) is 4.98 Å². The molecule has 0 aliphatic heterocycles. The Morgan fingerprint density at radius 3 is 2.47 bits per heavy atom. The minimum Gasteiger partial charge on any atom is -0.383 e. The fourth-order valence-electron chi connectivity index (χ4n) is 1.50. The van der Waals surface area contributed by atoms with Gasteiger partial charge in [-0.15, -0.1) is 0 Å². The highest BCUT2D eigenvalue weighted by molar-refractivity contribution is 5.30. The molecule has 0 saturated carbocycles. The van der Waals surface area contributed by atoms with Gasteiger partial charge in [0.15, 0.2) is 0 Å². The minimum atomic E-state index is -1.56. The monoisotopic (exact) mass is 239 g/mol. The van der Waals surface area contributed by atoms with E-state index in [9.17, 15) is 18.3 Å². The van der Waals surface area contributed by atoms with E-state index in [4.69, 9.17) is 0 Å². The predicted molar refractivity (Wildman–Crippen MR) is 54.6 cm³/mol. The van der Waals surface area contributed by atoms with Crippen LogP contribution in [0.1, 0.15) is 17.2 Å². The van der Waals surface area contributed by atoms with Crippen LogP contribution in [0.25, 0.3) is 0 Å². The van der Waals surface area contributed by atoms with Crippen molar-refractivity contribution < 1.29 is 18.3 Å². The topological polar surface area (TPSA) is 33.1 Å². The Hall–Kier alpha value is -1.88. The lowest BCUT2D eigenvalue weighted by atomic mass is 10.0. The molecule has 0 amide bonds. The number of halogens is 3. The summed E-state index contributed by atoms with van der Waals surface area (Å²) < 4.78 is 39.6. The van der Waals surface area contributed by atoms with Gasteiger partial charge in [-0.25, -0.2) is 13.2 Å². The summed E-state index contributed by atoms with van der Waals surface area (Å²) in [5.74, 6) is -2.27. The van der Waals surface area contributed by atoms with Gasteiger partial charge >= 0.3 is 0 Å². The van der Waals surface area contributed by atoms with Crippen molar-refractivity contribution in [3.63, 3.8) is 0 Å². The molecule has 0 aliphatic rings. The third-order valence-electron chi connectivity index (χ3n) is 2.35. The van der Waals surface area contributed by atoms with Crippen LogP contribution in [0.5, 0.6) is 0 Å². The van der Waals surface area contributed by atoms with Crippen LogP contribution in [0.15, 0.2) is 36.7 Å². The van der Waals surface area contributed by atoms with E-state index in [1.165, 1.54) is 12.3 Å². The molecule has 0 aliphatic carbocycles. The molecule has 2 aromatic rings. The van der Waals surface area contributed by atoms with Crippen LogP contribution in [0.2, 0.25) is 0 Å². The fraction of sp³-hybridized carbons (Fsp3) is 0.0833. The average molecular weight is 239 g/mol. The Balaban J connectivity index is 2.47. The van der Waals surface area contributed by atoms with E-state index in [-0.39, 0.29) is 11.1 Å². The van der Waals surface area contributed by atoms with E-state index in [2.05, 4.69) is 4.98 Å². The van der Waals surface area contributed by atoms with E-state index in [0.717, 1.165) is 24.4 Å². The largest absolute Gasteiger partial charge is 0.383 e. The van der Waals surface area contributed by atoms with Gasteiger partial charge in [-0.1, -0.05) is 0 Å². The summed E-state index contributed by atoms with van der Waals surface area (Å²) in [5.41, 5.74) is -0.459. The molecule has 1 aromatic heterocycles. The molecule has 1 heterocycles. The molecule has 0 saturated heterocycles. The smallest absolute Gasteiger partial charge is 0.147 e. The van der Waals surface area contributed by atoms with Crippen molar-refractivity contribution in [3.05, 3.63) is 65.2 Å². The molecule has 1 atom stereocenters. The van der Waals surface area contributed by atoms with Crippen molar-refractivity contribution in [2.24, 2.45) is 0 Å². The van der Waals surface area contributed by atoms with Gasteiger partial charge in [-0.2, -0.15) is 0 Å². The van der Waals surface area contributed by atoms with Crippen molar-refractivity contribution in [2.75, 3.05) is 0 Å². The molecule has 5 heteroatoms. The average Bonchev–Trinajstić information content (AvgIpc) is 2.32. The second kappa shape index (κ2) is 4.55. The first-order chi connectivity index (χ1) is 8.09. The number of aliphatic hydroxyl groups is 1. The lowest BCUT2D eigenvalue weighted by Crippen LogP contribution is -2.05. The molecule has 2 nitrogen and oxygen atoms in total. The first kappa shape index (κ1) is 11.6. The SMILES string of the molecule is OC(c1ccncc1F)c1cc(F)ccc1F. The summed E-state index contributed by atoms with van der Waals surface area (Å²) in [6, 6.07) is 3.85. The lowest BCUT2D eigenvalue weighted by molar-refractivity contribution is 0.209. The third kappa shape index (κ3) is 2.29.